The number of aromatic nitrogens is 2. The van der Waals surface area contributed by atoms with Gasteiger partial charge in [-0.2, -0.15) is 5.10 Å². The van der Waals surface area contributed by atoms with E-state index in [1.165, 1.54) is 5.56 Å². The van der Waals surface area contributed by atoms with Gasteiger partial charge in [0, 0.05) is 17.5 Å². The average Bonchev–Trinajstić information content (AvgIpc) is 2.90. The first-order valence-electron chi connectivity index (χ1n) is 6.93. The van der Waals surface area contributed by atoms with Gasteiger partial charge in [0.15, 0.2) is 0 Å². The van der Waals surface area contributed by atoms with Crippen LogP contribution in [-0.2, 0) is 13.1 Å². The third kappa shape index (κ3) is 1.95. The lowest BCUT2D eigenvalue weighted by Crippen LogP contribution is -2.38. The van der Waals surface area contributed by atoms with Crippen molar-refractivity contribution in [2.75, 3.05) is 0 Å². The minimum Gasteiger partial charge on any atom is -0.335 e. The van der Waals surface area contributed by atoms with Gasteiger partial charge in [0.25, 0.3) is 0 Å². The number of hydrogen-bond donors (Lipinski definition) is 2. The van der Waals surface area contributed by atoms with E-state index in [0.717, 1.165) is 17.7 Å². The molecule has 0 spiro atoms. The van der Waals surface area contributed by atoms with Crippen LogP contribution in [0.5, 0.6) is 0 Å². The van der Waals surface area contributed by atoms with Crippen LogP contribution in [0.2, 0.25) is 0 Å². The summed E-state index contributed by atoms with van der Waals surface area (Å²) >= 11 is 0. The van der Waals surface area contributed by atoms with Crippen molar-refractivity contribution in [2.24, 2.45) is 0 Å². The number of carbonyl (C=O) groups is 1. The summed E-state index contributed by atoms with van der Waals surface area (Å²) in [6.07, 6.45) is 2.84. The number of rotatable bonds is 2. The van der Waals surface area contributed by atoms with E-state index in [4.69, 9.17) is 0 Å². The van der Waals surface area contributed by atoms with Crippen molar-refractivity contribution in [3.8, 4) is 0 Å². The van der Waals surface area contributed by atoms with Crippen molar-refractivity contribution in [1.29, 1.82) is 0 Å². The standard InChI is InChI=1S/C15H16N4O/c20-15(19-8-11-7-16-18-14(11)9-19)17-13-6-12(13)10-4-2-1-3-5-10/h1-5,7,12-13H,6,8-9H2,(H,16,18)(H,17,20)/t12-,13+/m0/s1. The molecule has 2 amide bonds. The fourth-order valence-electron chi connectivity index (χ4n) is 2.88. The summed E-state index contributed by atoms with van der Waals surface area (Å²) < 4.78 is 0. The lowest BCUT2D eigenvalue weighted by atomic mass is 10.1. The van der Waals surface area contributed by atoms with Gasteiger partial charge in [-0.25, -0.2) is 4.79 Å². The zero-order valence-electron chi connectivity index (χ0n) is 11.0. The fraction of sp³-hybridized carbons (Fsp3) is 0.333. The number of H-pyrrole nitrogens is 1. The number of urea groups is 1. The van der Waals surface area contributed by atoms with E-state index < -0.39 is 0 Å². The zero-order valence-corrected chi connectivity index (χ0v) is 11.0. The first kappa shape index (κ1) is 11.5. The molecule has 102 valence electrons. The Morgan fingerprint density at radius 2 is 2.15 bits per heavy atom. The molecule has 2 atom stereocenters. The molecule has 5 nitrogen and oxygen atoms in total. The fourth-order valence-corrected chi connectivity index (χ4v) is 2.88. The van der Waals surface area contributed by atoms with Crippen molar-refractivity contribution < 1.29 is 4.79 Å². The van der Waals surface area contributed by atoms with E-state index in [0.29, 0.717) is 19.0 Å². The molecular formula is C15H16N4O. The number of carbonyl (C=O) groups excluding carboxylic acids is 1. The Kier molecular flexibility index (Phi) is 2.52. The Hall–Kier alpha value is -2.30. The number of amides is 2. The molecule has 0 radical (unpaired) electrons. The van der Waals surface area contributed by atoms with Crippen LogP contribution in [0.1, 0.15) is 29.2 Å². The maximum Gasteiger partial charge on any atom is 0.318 e. The molecule has 20 heavy (non-hydrogen) atoms. The molecule has 2 aliphatic rings. The van der Waals surface area contributed by atoms with Crippen LogP contribution in [0.15, 0.2) is 36.5 Å². The number of hydrogen-bond acceptors (Lipinski definition) is 2. The topological polar surface area (TPSA) is 61.0 Å². The van der Waals surface area contributed by atoms with Gasteiger partial charge in [0.1, 0.15) is 0 Å². The molecule has 1 aliphatic heterocycles. The first-order valence-corrected chi connectivity index (χ1v) is 6.93. The van der Waals surface area contributed by atoms with E-state index in [1.54, 1.807) is 6.20 Å². The minimum absolute atomic E-state index is 0.0260. The monoisotopic (exact) mass is 268 g/mol. The predicted octanol–water partition coefficient (Wildman–Crippen LogP) is 1.99. The van der Waals surface area contributed by atoms with Crippen LogP contribution in [0, 0.1) is 0 Å². The number of benzene rings is 1. The molecule has 1 aromatic carbocycles. The largest absolute Gasteiger partial charge is 0.335 e. The highest BCUT2D eigenvalue weighted by Crippen LogP contribution is 2.40. The number of nitrogens with one attached hydrogen (secondary N) is 2. The van der Waals surface area contributed by atoms with Gasteiger partial charge in [-0.1, -0.05) is 30.3 Å². The second kappa shape index (κ2) is 4.37. The van der Waals surface area contributed by atoms with Crippen LogP contribution >= 0.6 is 0 Å². The minimum atomic E-state index is 0.0260. The SMILES string of the molecule is O=C(N[C@@H]1C[C@H]1c1ccccc1)N1Cc2cn[nH]c2C1. The van der Waals surface area contributed by atoms with Crippen molar-refractivity contribution >= 4 is 6.03 Å². The Morgan fingerprint density at radius 3 is 2.95 bits per heavy atom. The molecule has 5 heteroatoms. The van der Waals surface area contributed by atoms with Gasteiger partial charge in [0.2, 0.25) is 0 Å². The van der Waals surface area contributed by atoms with Gasteiger partial charge in [-0.15, -0.1) is 0 Å². The summed E-state index contributed by atoms with van der Waals surface area (Å²) in [6.45, 7) is 1.28. The Balaban J connectivity index is 1.35. The van der Waals surface area contributed by atoms with E-state index in [-0.39, 0.29) is 12.1 Å². The third-order valence-electron chi connectivity index (χ3n) is 4.13. The highest BCUT2D eigenvalue weighted by Gasteiger charge is 2.40. The molecular weight excluding hydrogens is 252 g/mol. The zero-order chi connectivity index (χ0) is 13.5. The van der Waals surface area contributed by atoms with Gasteiger partial charge >= 0.3 is 6.03 Å². The van der Waals surface area contributed by atoms with Crippen molar-refractivity contribution in [3.63, 3.8) is 0 Å². The number of nitrogens with zero attached hydrogens (tertiary/aromatic N) is 2. The predicted molar refractivity (Wildman–Crippen MR) is 74.0 cm³/mol. The van der Waals surface area contributed by atoms with E-state index in [9.17, 15) is 4.79 Å². The van der Waals surface area contributed by atoms with E-state index in [1.807, 2.05) is 23.1 Å². The van der Waals surface area contributed by atoms with E-state index >= 15 is 0 Å². The number of aromatic amines is 1. The highest BCUT2D eigenvalue weighted by atomic mass is 16.2. The van der Waals surface area contributed by atoms with Crippen molar-refractivity contribution in [1.82, 2.24) is 20.4 Å². The van der Waals surface area contributed by atoms with Gasteiger partial charge in [-0.05, 0) is 12.0 Å². The van der Waals surface area contributed by atoms with Gasteiger partial charge in [0.05, 0.1) is 25.0 Å². The summed E-state index contributed by atoms with van der Waals surface area (Å²) in [4.78, 5) is 14.0. The summed E-state index contributed by atoms with van der Waals surface area (Å²) in [5.74, 6) is 0.474. The molecule has 1 aromatic heterocycles. The Morgan fingerprint density at radius 1 is 1.30 bits per heavy atom. The third-order valence-corrected chi connectivity index (χ3v) is 4.13. The van der Waals surface area contributed by atoms with Gasteiger partial charge < -0.3 is 10.2 Å². The smallest absolute Gasteiger partial charge is 0.318 e. The second-order valence-electron chi connectivity index (χ2n) is 5.54. The molecule has 0 unspecified atom stereocenters. The molecule has 1 saturated carbocycles. The normalized spacial score (nSPS) is 23.5. The Labute approximate surface area is 117 Å². The van der Waals surface area contributed by atoms with Crippen molar-refractivity contribution in [2.45, 2.75) is 31.5 Å². The second-order valence-corrected chi connectivity index (χ2v) is 5.54. The lowest BCUT2D eigenvalue weighted by molar-refractivity contribution is 0.197. The van der Waals surface area contributed by atoms with Gasteiger partial charge in [-0.3, -0.25) is 5.10 Å². The molecule has 2 aromatic rings. The van der Waals surface area contributed by atoms with Crippen LogP contribution < -0.4 is 5.32 Å². The Bertz CT molecular complexity index is 616. The molecule has 1 aliphatic carbocycles. The summed E-state index contributed by atoms with van der Waals surface area (Å²) in [6, 6.07) is 10.7. The summed E-state index contributed by atoms with van der Waals surface area (Å²) in [7, 11) is 0. The maximum absolute atomic E-state index is 12.2. The van der Waals surface area contributed by atoms with E-state index in [2.05, 4.69) is 27.6 Å². The molecule has 2 heterocycles. The molecule has 0 bridgehead atoms. The summed E-state index contributed by atoms with van der Waals surface area (Å²) in [5, 5.41) is 10.0. The lowest BCUT2D eigenvalue weighted by Gasteiger charge is -2.16. The molecule has 2 N–H and O–H groups in total. The quantitative estimate of drug-likeness (QED) is 0.875. The van der Waals surface area contributed by atoms with Crippen LogP contribution in [0.25, 0.3) is 0 Å². The van der Waals surface area contributed by atoms with Crippen molar-refractivity contribution in [3.05, 3.63) is 53.3 Å². The molecule has 1 fully saturated rings. The maximum atomic E-state index is 12.2. The number of fused-ring (bicyclic) bond motifs is 1. The highest BCUT2D eigenvalue weighted by molar-refractivity contribution is 5.76. The molecule has 4 rings (SSSR count). The van der Waals surface area contributed by atoms with Crippen LogP contribution in [0.4, 0.5) is 4.79 Å². The van der Waals surface area contributed by atoms with Crippen LogP contribution in [0.3, 0.4) is 0 Å². The first-order chi connectivity index (χ1) is 9.81. The summed E-state index contributed by atoms with van der Waals surface area (Å²) in [5.41, 5.74) is 3.49. The van der Waals surface area contributed by atoms with Crippen LogP contribution in [-0.4, -0.2) is 27.2 Å². The average molecular weight is 268 g/mol. The molecule has 0 saturated heterocycles.